The van der Waals surface area contributed by atoms with Gasteiger partial charge in [-0.3, -0.25) is 0 Å². The monoisotopic (exact) mass is 364 g/mol. The van der Waals surface area contributed by atoms with Gasteiger partial charge >= 0.3 is 0 Å². The molecule has 4 nitrogen and oxygen atoms in total. The van der Waals surface area contributed by atoms with E-state index in [0.29, 0.717) is 11.8 Å². The number of aromatic nitrogens is 2. The van der Waals surface area contributed by atoms with E-state index in [1.165, 1.54) is 44.1 Å². The van der Waals surface area contributed by atoms with Crippen LogP contribution in [0.15, 0.2) is 52.9 Å². The maximum Gasteiger partial charge on any atom is 0.248 e. The molecule has 0 unspecified atom stereocenters. The van der Waals surface area contributed by atoms with Gasteiger partial charge in [-0.25, -0.2) is 0 Å². The van der Waals surface area contributed by atoms with Crippen molar-refractivity contribution in [2.45, 2.75) is 51.9 Å². The van der Waals surface area contributed by atoms with Crippen LogP contribution in [0.1, 0.15) is 51.0 Å². The number of hydrogen-bond donors (Lipinski definition) is 0. The summed E-state index contributed by atoms with van der Waals surface area (Å²) in [4.78, 5) is 0. The summed E-state index contributed by atoms with van der Waals surface area (Å²) in [5.41, 5.74) is 3.20. The molecule has 0 amide bonds. The van der Waals surface area contributed by atoms with Gasteiger partial charge in [-0.05, 0) is 54.8 Å². The molecule has 27 heavy (non-hydrogen) atoms. The minimum Gasteiger partial charge on any atom is -0.497 e. The molecular formula is C23H28N2O2. The lowest BCUT2D eigenvalue weighted by Gasteiger charge is -2.03. The Balaban J connectivity index is 1.56. The molecule has 0 saturated heterocycles. The quantitative estimate of drug-likeness (QED) is 0.395. The molecule has 0 N–H and O–H groups in total. The highest BCUT2D eigenvalue weighted by Gasteiger charge is 2.10. The van der Waals surface area contributed by atoms with Crippen molar-refractivity contribution in [1.29, 1.82) is 0 Å². The van der Waals surface area contributed by atoms with Crippen LogP contribution in [0.4, 0.5) is 0 Å². The van der Waals surface area contributed by atoms with Crippen molar-refractivity contribution in [1.82, 2.24) is 10.2 Å². The fraction of sp³-hybridized carbons (Fsp3) is 0.391. The zero-order valence-corrected chi connectivity index (χ0v) is 16.3. The van der Waals surface area contributed by atoms with E-state index in [2.05, 4.69) is 41.4 Å². The van der Waals surface area contributed by atoms with Crippen LogP contribution in [0.3, 0.4) is 0 Å². The Morgan fingerprint density at radius 3 is 1.89 bits per heavy atom. The molecule has 0 atom stereocenters. The van der Waals surface area contributed by atoms with E-state index in [0.717, 1.165) is 23.3 Å². The number of rotatable bonds is 10. The second kappa shape index (κ2) is 9.91. The Hall–Kier alpha value is -2.62. The van der Waals surface area contributed by atoms with E-state index in [1.807, 2.05) is 24.3 Å². The zero-order valence-electron chi connectivity index (χ0n) is 16.3. The van der Waals surface area contributed by atoms with Gasteiger partial charge < -0.3 is 9.15 Å². The minimum absolute atomic E-state index is 0.517. The lowest BCUT2D eigenvalue weighted by atomic mass is 10.0. The number of methoxy groups -OCH3 is 1. The molecule has 142 valence electrons. The summed E-state index contributed by atoms with van der Waals surface area (Å²) in [6, 6.07) is 16.1. The van der Waals surface area contributed by atoms with E-state index in [1.54, 1.807) is 7.11 Å². The van der Waals surface area contributed by atoms with Gasteiger partial charge in [0.2, 0.25) is 11.8 Å². The van der Waals surface area contributed by atoms with Crippen LogP contribution in [-0.2, 0) is 6.42 Å². The molecule has 3 aromatic rings. The summed E-state index contributed by atoms with van der Waals surface area (Å²) >= 11 is 0. The molecule has 4 heteroatoms. The molecule has 1 heterocycles. The highest BCUT2D eigenvalue weighted by molar-refractivity contribution is 5.58. The predicted molar refractivity (Wildman–Crippen MR) is 109 cm³/mol. The van der Waals surface area contributed by atoms with Gasteiger partial charge in [0.05, 0.1) is 7.11 Å². The molecule has 0 bridgehead atoms. The Bertz CT molecular complexity index is 807. The maximum atomic E-state index is 5.84. The van der Waals surface area contributed by atoms with Crippen LogP contribution in [0.5, 0.6) is 5.75 Å². The molecule has 3 rings (SSSR count). The fourth-order valence-corrected chi connectivity index (χ4v) is 3.11. The Labute approximate surface area is 161 Å². The summed E-state index contributed by atoms with van der Waals surface area (Å²) in [6.07, 6.45) is 9.08. The van der Waals surface area contributed by atoms with Crippen molar-refractivity contribution in [3.63, 3.8) is 0 Å². The summed E-state index contributed by atoms with van der Waals surface area (Å²) < 4.78 is 11.0. The molecule has 0 fully saturated rings. The molecule has 0 spiro atoms. The Kier molecular flexibility index (Phi) is 7.03. The Morgan fingerprint density at radius 2 is 1.30 bits per heavy atom. The number of benzene rings is 2. The highest BCUT2D eigenvalue weighted by Crippen LogP contribution is 2.25. The Morgan fingerprint density at radius 1 is 0.741 bits per heavy atom. The lowest BCUT2D eigenvalue weighted by molar-refractivity contribution is 0.415. The molecule has 1 aromatic heterocycles. The second-order valence-corrected chi connectivity index (χ2v) is 6.86. The van der Waals surface area contributed by atoms with E-state index in [9.17, 15) is 0 Å². The number of aryl methyl sites for hydroxylation is 1. The SMILES string of the molecule is CCCCCCCCc1ccc(-c2nnc(-c3ccc(OC)cc3)o2)cc1. The van der Waals surface area contributed by atoms with Crippen molar-refractivity contribution in [3.05, 3.63) is 54.1 Å². The third kappa shape index (κ3) is 5.43. The molecule has 0 aliphatic carbocycles. The number of unbranched alkanes of at least 4 members (excludes halogenated alkanes) is 5. The first-order chi connectivity index (χ1) is 13.3. The van der Waals surface area contributed by atoms with Crippen molar-refractivity contribution in [2.24, 2.45) is 0 Å². The summed E-state index contributed by atoms with van der Waals surface area (Å²) in [5, 5.41) is 8.36. The highest BCUT2D eigenvalue weighted by atomic mass is 16.5. The molecule has 0 radical (unpaired) electrons. The van der Waals surface area contributed by atoms with E-state index in [4.69, 9.17) is 9.15 Å². The van der Waals surface area contributed by atoms with Crippen molar-refractivity contribution in [2.75, 3.05) is 7.11 Å². The first-order valence-electron chi connectivity index (χ1n) is 9.87. The van der Waals surface area contributed by atoms with E-state index >= 15 is 0 Å². The van der Waals surface area contributed by atoms with Crippen LogP contribution in [0.2, 0.25) is 0 Å². The van der Waals surface area contributed by atoms with Crippen molar-refractivity contribution in [3.8, 4) is 28.7 Å². The standard InChI is InChI=1S/C23H28N2O2/c1-3-4-5-6-7-8-9-18-10-12-19(13-11-18)22-24-25-23(27-22)20-14-16-21(26-2)17-15-20/h10-17H,3-9H2,1-2H3. The molecular weight excluding hydrogens is 336 g/mol. The van der Waals surface area contributed by atoms with Gasteiger partial charge in [0.15, 0.2) is 0 Å². The van der Waals surface area contributed by atoms with Gasteiger partial charge in [0.1, 0.15) is 5.75 Å². The van der Waals surface area contributed by atoms with Crippen LogP contribution in [0, 0.1) is 0 Å². The molecule has 0 aliphatic heterocycles. The van der Waals surface area contributed by atoms with E-state index < -0.39 is 0 Å². The molecule has 0 saturated carbocycles. The minimum atomic E-state index is 0.517. The summed E-state index contributed by atoms with van der Waals surface area (Å²) in [5.74, 6) is 1.87. The lowest BCUT2D eigenvalue weighted by Crippen LogP contribution is -1.87. The zero-order chi connectivity index (χ0) is 18.9. The van der Waals surface area contributed by atoms with Crippen LogP contribution >= 0.6 is 0 Å². The summed E-state index contributed by atoms with van der Waals surface area (Å²) in [6.45, 7) is 2.25. The first kappa shape index (κ1) is 19.2. The van der Waals surface area contributed by atoms with Gasteiger partial charge in [-0.1, -0.05) is 51.2 Å². The van der Waals surface area contributed by atoms with Gasteiger partial charge in [-0.2, -0.15) is 0 Å². The third-order valence-corrected chi connectivity index (χ3v) is 4.78. The largest absolute Gasteiger partial charge is 0.497 e. The average Bonchev–Trinajstić information content (AvgIpc) is 3.21. The number of hydrogen-bond acceptors (Lipinski definition) is 4. The third-order valence-electron chi connectivity index (χ3n) is 4.78. The maximum absolute atomic E-state index is 5.84. The topological polar surface area (TPSA) is 48.2 Å². The summed E-state index contributed by atoms with van der Waals surface area (Å²) in [7, 11) is 1.65. The molecule has 0 aliphatic rings. The second-order valence-electron chi connectivity index (χ2n) is 6.86. The van der Waals surface area contributed by atoms with Crippen molar-refractivity contribution >= 4 is 0 Å². The number of ether oxygens (including phenoxy) is 1. The van der Waals surface area contributed by atoms with Gasteiger partial charge in [0, 0.05) is 11.1 Å². The van der Waals surface area contributed by atoms with Gasteiger partial charge in [-0.15, -0.1) is 10.2 Å². The van der Waals surface area contributed by atoms with Gasteiger partial charge in [0.25, 0.3) is 0 Å². The molecule has 2 aromatic carbocycles. The van der Waals surface area contributed by atoms with E-state index in [-0.39, 0.29) is 0 Å². The van der Waals surface area contributed by atoms with Crippen LogP contribution in [-0.4, -0.2) is 17.3 Å². The van der Waals surface area contributed by atoms with Crippen molar-refractivity contribution < 1.29 is 9.15 Å². The van der Waals surface area contributed by atoms with Crippen LogP contribution < -0.4 is 4.74 Å². The fourth-order valence-electron chi connectivity index (χ4n) is 3.11. The first-order valence-corrected chi connectivity index (χ1v) is 9.87. The number of nitrogens with zero attached hydrogens (tertiary/aromatic N) is 2. The normalized spacial score (nSPS) is 10.9. The van der Waals surface area contributed by atoms with Crippen LogP contribution in [0.25, 0.3) is 22.9 Å². The smallest absolute Gasteiger partial charge is 0.248 e. The average molecular weight is 364 g/mol. The predicted octanol–water partition coefficient (Wildman–Crippen LogP) is 6.32.